The van der Waals surface area contributed by atoms with E-state index in [0.29, 0.717) is 35.8 Å². The number of pyridine rings is 2. The molecule has 2 atom stereocenters. The topological polar surface area (TPSA) is 102 Å². The van der Waals surface area contributed by atoms with Crippen molar-refractivity contribution in [3.63, 3.8) is 0 Å². The molecule has 5 aromatic rings. The van der Waals surface area contributed by atoms with E-state index in [1.165, 1.54) is 12.4 Å². The first-order valence-electron chi connectivity index (χ1n) is 12.2. The Balaban J connectivity index is 1.33. The molecule has 38 heavy (non-hydrogen) atoms. The van der Waals surface area contributed by atoms with Gasteiger partial charge in [0.1, 0.15) is 12.1 Å². The molecule has 0 aliphatic carbocycles. The van der Waals surface area contributed by atoms with Crippen LogP contribution in [0.15, 0.2) is 55.2 Å². The summed E-state index contributed by atoms with van der Waals surface area (Å²) in [5, 5.41) is 17.7. The minimum Gasteiger partial charge on any atom is -0.394 e. The van der Waals surface area contributed by atoms with Crippen LogP contribution in [0.25, 0.3) is 33.2 Å². The van der Waals surface area contributed by atoms with E-state index < -0.39 is 17.8 Å². The second-order valence-corrected chi connectivity index (χ2v) is 9.23. The van der Waals surface area contributed by atoms with Gasteiger partial charge in [-0.1, -0.05) is 32.0 Å². The van der Waals surface area contributed by atoms with E-state index >= 15 is 0 Å². The molecule has 2 N–H and O–H groups in total. The van der Waals surface area contributed by atoms with Gasteiger partial charge >= 0.3 is 0 Å². The van der Waals surface area contributed by atoms with Gasteiger partial charge in [0, 0.05) is 35.1 Å². The lowest BCUT2D eigenvalue weighted by Gasteiger charge is -2.22. The molecule has 0 spiro atoms. The van der Waals surface area contributed by atoms with Crippen molar-refractivity contribution in [1.82, 2.24) is 29.7 Å². The van der Waals surface area contributed by atoms with Gasteiger partial charge in [0.25, 0.3) is 6.43 Å². The highest BCUT2D eigenvalue weighted by molar-refractivity contribution is 5.86. The van der Waals surface area contributed by atoms with E-state index in [4.69, 9.17) is 0 Å². The van der Waals surface area contributed by atoms with Crippen LogP contribution < -0.4 is 5.32 Å². The molecule has 5 rings (SSSR count). The number of aliphatic hydroxyl groups is 1. The van der Waals surface area contributed by atoms with Gasteiger partial charge in [0.2, 0.25) is 0 Å². The predicted molar refractivity (Wildman–Crippen MR) is 138 cm³/mol. The third-order valence-electron chi connectivity index (χ3n) is 6.84. The largest absolute Gasteiger partial charge is 0.394 e. The summed E-state index contributed by atoms with van der Waals surface area (Å²) in [4.78, 5) is 17.3. The maximum atomic E-state index is 14.1. The van der Waals surface area contributed by atoms with E-state index in [1.807, 2.05) is 32.0 Å². The van der Waals surface area contributed by atoms with Crippen molar-refractivity contribution in [3.05, 3.63) is 72.2 Å². The van der Waals surface area contributed by atoms with E-state index in [2.05, 4.69) is 30.4 Å². The first kappa shape index (κ1) is 25.5. The molecule has 0 amide bonds. The molecule has 0 saturated heterocycles. The van der Waals surface area contributed by atoms with Gasteiger partial charge in [-0.2, -0.15) is 5.10 Å². The van der Waals surface area contributed by atoms with Gasteiger partial charge in [0.15, 0.2) is 11.5 Å². The average molecular weight is 522 g/mol. The summed E-state index contributed by atoms with van der Waals surface area (Å²) >= 11 is 0. The van der Waals surface area contributed by atoms with Crippen LogP contribution in [0, 0.1) is 11.7 Å². The number of nitrogens with one attached hydrogen (secondary N) is 1. The quantitative estimate of drug-likeness (QED) is 0.269. The zero-order valence-corrected chi connectivity index (χ0v) is 20.8. The summed E-state index contributed by atoms with van der Waals surface area (Å²) in [5.41, 5.74) is 2.73. The molecule has 0 aliphatic rings. The number of fused-ring (bicyclic) bond motifs is 2. The smallest absolute Gasteiger partial charge is 0.267 e. The van der Waals surface area contributed by atoms with Crippen LogP contribution in [0.1, 0.15) is 37.3 Å². The molecule has 8 nitrogen and oxygen atoms in total. The Morgan fingerprint density at radius 2 is 1.87 bits per heavy atom. The number of halogens is 3. The number of hydrogen-bond donors (Lipinski definition) is 2. The molecule has 4 aromatic heterocycles. The fourth-order valence-corrected chi connectivity index (χ4v) is 4.56. The monoisotopic (exact) mass is 521 g/mol. The summed E-state index contributed by atoms with van der Waals surface area (Å²) < 4.78 is 42.7. The van der Waals surface area contributed by atoms with Crippen molar-refractivity contribution in [3.8, 4) is 11.3 Å². The SMILES string of the molecule is CC(CNc1cc(-c2cnc3c(cnn3CCO)c2)ncn1)C(C)c1cccc2c(C(F)F)c(F)cnc12. The van der Waals surface area contributed by atoms with Crippen molar-refractivity contribution >= 4 is 27.8 Å². The second kappa shape index (κ2) is 10.7. The normalized spacial score (nSPS) is 13.3. The molecule has 2 unspecified atom stereocenters. The van der Waals surface area contributed by atoms with Crippen molar-refractivity contribution in [2.75, 3.05) is 18.5 Å². The summed E-state index contributed by atoms with van der Waals surface area (Å²) in [6, 6.07) is 8.76. The highest BCUT2D eigenvalue weighted by Crippen LogP contribution is 2.35. The maximum Gasteiger partial charge on any atom is 0.267 e. The number of aromatic nitrogens is 6. The van der Waals surface area contributed by atoms with E-state index in [1.54, 1.807) is 23.1 Å². The maximum absolute atomic E-state index is 14.1. The molecule has 0 radical (unpaired) electrons. The molecular formula is C27H26F3N7O. The Morgan fingerprint density at radius 3 is 2.66 bits per heavy atom. The van der Waals surface area contributed by atoms with Gasteiger partial charge in [-0.25, -0.2) is 32.8 Å². The lowest BCUT2D eigenvalue weighted by Crippen LogP contribution is -2.18. The van der Waals surface area contributed by atoms with E-state index in [-0.39, 0.29) is 23.8 Å². The van der Waals surface area contributed by atoms with Gasteiger partial charge in [0.05, 0.1) is 42.3 Å². The zero-order valence-electron chi connectivity index (χ0n) is 20.8. The Bertz CT molecular complexity index is 1590. The third kappa shape index (κ3) is 4.89. The summed E-state index contributed by atoms with van der Waals surface area (Å²) in [5.74, 6) is -0.363. The van der Waals surface area contributed by atoms with Crippen LogP contribution in [-0.4, -0.2) is 48.0 Å². The average Bonchev–Trinajstić information content (AvgIpc) is 3.33. The van der Waals surface area contributed by atoms with Gasteiger partial charge in [-0.15, -0.1) is 0 Å². The molecule has 0 fully saturated rings. The molecule has 1 aromatic carbocycles. The highest BCUT2D eigenvalue weighted by Gasteiger charge is 2.23. The molecule has 196 valence electrons. The van der Waals surface area contributed by atoms with Gasteiger partial charge in [-0.05, 0) is 23.5 Å². The minimum atomic E-state index is -2.93. The number of nitrogens with zero attached hydrogens (tertiary/aromatic N) is 6. The van der Waals surface area contributed by atoms with Crippen LogP contribution in [-0.2, 0) is 6.54 Å². The Hall–Kier alpha value is -4.12. The van der Waals surface area contributed by atoms with Crippen molar-refractivity contribution in [2.45, 2.75) is 32.7 Å². The number of para-hydroxylation sites is 1. The third-order valence-corrected chi connectivity index (χ3v) is 6.84. The molecule has 0 saturated carbocycles. The van der Waals surface area contributed by atoms with Crippen LogP contribution in [0.4, 0.5) is 19.0 Å². The van der Waals surface area contributed by atoms with Crippen molar-refractivity contribution < 1.29 is 18.3 Å². The van der Waals surface area contributed by atoms with Crippen molar-refractivity contribution in [1.29, 1.82) is 0 Å². The van der Waals surface area contributed by atoms with Crippen LogP contribution in [0.2, 0.25) is 0 Å². The van der Waals surface area contributed by atoms with Crippen LogP contribution in [0.5, 0.6) is 0 Å². The van der Waals surface area contributed by atoms with E-state index in [0.717, 1.165) is 22.7 Å². The fraction of sp³-hybridized carbons (Fsp3) is 0.296. The van der Waals surface area contributed by atoms with Crippen LogP contribution >= 0.6 is 0 Å². The summed E-state index contributed by atoms with van der Waals surface area (Å²) in [6.07, 6.45) is 2.82. The standard InChI is InChI=1S/C27H26F3N7O/c1-15(16(2)19-4-3-5-20-24(26(29)30)21(28)13-32-25(19)20)10-31-23-9-22(34-14-35-23)17-8-18-12-36-37(6-7-38)27(18)33-11-17/h3-5,8-9,11-16,26,38H,6-7,10H2,1-2H3,(H,31,34,35). The number of alkyl halides is 2. The number of hydrogen-bond acceptors (Lipinski definition) is 7. The molecule has 0 aliphatic heterocycles. The lowest BCUT2D eigenvalue weighted by atomic mass is 9.87. The van der Waals surface area contributed by atoms with Crippen LogP contribution in [0.3, 0.4) is 0 Å². The zero-order chi connectivity index (χ0) is 26.8. The summed E-state index contributed by atoms with van der Waals surface area (Å²) in [6.45, 7) is 4.93. The first-order chi connectivity index (χ1) is 18.4. The number of aliphatic hydroxyl groups excluding tert-OH is 1. The van der Waals surface area contributed by atoms with Gasteiger partial charge in [-0.3, -0.25) is 4.98 Å². The second-order valence-electron chi connectivity index (χ2n) is 9.23. The molecule has 4 heterocycles. The molecule has 11 heteroatoms. The minimum absolute atomic E-state index is 0.0233. The number of benzene rings is 1. The predicted octanol–water partition coefficient (Wildman–Crippen LogP) is 5.36. The first-order valence-corrected chi connectivity index (χ1v) is 12.2. The van der Waals surface area contributed by atoms with Gasteiger partial charge < -0.3 is 10.4 Å². The summed E-state index contributed by atoms with van der Waals surface area (Å²) in [7, 11) is 0. The fourth-order valence-electron chi connectivity index (χ4n) is 4.56. The Labute approximate surface area is 216 Å². The number of rotatable bonds is 9. The Kier molecular flexibility index (Phi) is 7.19. The molecule has 0 bridgehead atoms. The molecular weight excluding hydrogens is 495 g/mol. The number of anilines is 1. The van der Waals surface area contributed by atoms with E-state index in [9.17, 15) is 18.3 Å². The lowest BCUT2D eigenvalue weighted by molar-refractivity contribution is 0.148. The Morgan fingerprint density at radius 1 is 1.03 bits per heavy atom. The highest BCUT2D eigenvalue weighted by atomic mass is 19.3. The van der Waals surface area contributed by atoms with Crippen molar-refractivity contribution in [2.24, 2.45) is 5.92 Å².